The predicted octanol–water partition coefficient (Wildman–Crippen LogP) is 5.06. The van der Waals surface area contributed by atoms with E-state index in [1.165, 1.54) is 75.6 Å². The van der Waals surface area contributed by atoms with Gasteiger partial charge in [-0.1, -0.05) is 83.3 Å². The molecule has 3 aliphatic rings. The number of rotatable bonds is 13. The van der Waals surface area contributed by atoms with Gasteiger partial charge in [-0.3, -0.25) is 14.1 Å². The van der Waals surface area contributed by atoms with Crippen molar-refractivity contribution in [2.45, 2.75) is 94.2 Å². The second-order valence-electron chi connectivity index (χ2n) is 9.81. The second-order valence-corrected chi connectivity index (χ2v) is 11.2. The quantitative estimate of drug-likeness (QED) is 0.180. The number of imide groups is 1. The Labute approximate surface area is 202 Å². The van der Waals surface area contributed by atoms with E-state index < -0.39 is 33.7 Å². The van der Waals surface area contributed by atoms with Crippen LogP contribution in [0.15, 0.2) is 41.3 Å². The van der Waals surface area contributed by atoms with Crippen LogP contribution in [0.5, 0.6) is 0 Å². The van der Waals surface area contributed by atoms with Crippen molar-refractivity contribution in [3.8, 4) is 0 Å². The second kappa shape index (κ2) is 10.3. The van der Waals surface area contributed by atoms with Crippen molar-refractivity contribution in [3.63, 3.8) is 0 Å². The SMILES string of the molecule is CCCCCCCCCCCC[C@]12C=C[C@H](O1)C1C(=O)N(c3ccc(S(=O)(=O)O)cc3)C(=O)C12. The Morgan fingerprint density at radius 2 is 1.50 bits per heavy atom. The maximum absolute atomic E-state index is 13.4. The van der Waals surface area contributed by atoms with E-state index in [9.17, 15) is 22.6 Å². The number of ether oxygens (including phenoxy) is 1. The number of hydrogen-bond acceptors (Lipinski definition) is 5. The summed E-state index contributed by atoms with van der Waals surface area (Å²) < 4.78 is 38.0. The first-order valence-corrected chi connectivity index (χ1v) is 14.0. The lowest BCUT2D eigenvalue weighted by Gasteiger charge is -2.29. The summed E-state index contributed by atoms with van der Waals surface area (Å²) in [5.74, 6) is -1.70. The third kappa shape index (κ3) is 4.86. The van der Waals surface area contributed by atoms with Crippen LogP contribution < -0.4 is 4.90 Å². The van der Waals surface area contributed by atoms with Gasteiger partial charge in [-0.15, -0.1) is 0 Å². The van der Waals surface area contributed by atoms with E-state index in [-0.39, 0.29) is 16.7 Å². The van der Waals surface area contributed by atoms with Crippen LogP contribution in [-0.2, 0) is 24.4 Å². The molecule has 2 saturated heterocycles. The van der Waals surface area contributed by atoms with E-state index in [2.05, 4.69) is 6.92 Å². The van der Waals surface area contributed by atoms with Crippen LogP contribution in [0.1, 0.15) is 77.6 Å². The van der Waals surface area contributed by atoms with Crippen molar-refractivity contribution in [3.05, 3.63) is 36.4 Å². The van der Waals surface area contributed by atoms with Crippen LogP contribution in [-0.4, -0.2) is 36.5 Å². The molecule has 2 amide bonds. The summed E-state index contributed by atoms with van der Waals surface area (Å²) >= 11 is 0. The van der Waals surface area contributed by atoms with Crippen molar-refractivity contribution in [1.82, 2.24) is 0 Å². The fourth-order valence-electron chi connectivity index (χ4n) is 5.70. The first-order valence-electron chi connectivity index (χ1n) is 12.6. The third-order valence-corrected chi connectivity index (χ3v) is 8.34. The summed E-state index contributed by atoms with van der Waals surface area (Å²) in [5, 5.41) is 0. The lowest BCUT2D eigenvalue weighted by atomic mass is 9.74. The lowest BCUT2D eigenvalue weighted by molar-refractivity contribution is -0.126. The van der Waals surface area contributed by atoms with Crippen LogP contribution in [0.25, 0.3) is 0 Å². The van der Waals surface area contributed by atoms with Crippen molar-refractivity contribution in [2.75, 3.05) is 4.90 Å². The molecule has 8 heteroatoms. The minimum absolute atomic E-state index is 0.280. The number of fused-ring (bicyclic) bond motifs is 5. The topological polar surface area (TPSA) is 101 Å². The molecule has 3 heterocycles. The molecule has 1 aromatic rings. The zero-order valence-electron chi connectivity index (χ0n) is 19.8. The van der Waals surface area contributed by atoms with Gasteiger partial charge in [0.25, 0.3) is 10.1 Å². The van der Waals surface area contributed by atoms with Gasteiger partial charge in [0.2, 0.25) is 11.8 Å². The highest BCUT2D eigenvalue weighted by molar-refractivity contribution is 7.85. The van der Waals surface area contributed by atoms with Gasteiger partial charge in [0.05, 0.1) is 34.1 Å². The average molecular weight is 490 g/mol. The maximum Gasteiger partial charge on any atom is 0.294 e. The smallest absolute Gasteiger partial charge is 0.294 e. The molecule has 7 nitrogen and oxygen atoms in total. The number of benzene rings is 1. The highest BCUT2D eigenvalue weighted by atomic mass is 32.2. The van der Waals surface area contributed by atoms with Crippen molar-refractivity contribution in [1.29, 1.82) is 0 Å². The summed E-state index contributed by atoms with van der Waals surface area (Å²) in [4.78, 5) is 27.4. The molecule has 4 rings (SSSR count). The fraction of sp³-hybridized carbons (Fsp3) is 0.615. The van der Waals surface area contributed by atoms with E-state index in [1.54, 1.807) is 0 Å². The van der Waals surface area contributed by atoms with Crippen LogP contribution in [0, 0.1) is 11.8 Å². The number of hydrogen-bond donors (Lipinski definition) is 1. The minimum Gasteiger partial charge on any atom is -0.362 e. The summed E-state index contributed by atoms with van der Waals surface area (Å²) in [6.07, 6.45) is 16.5. The average Bonchev–Trinajstić information content (AvgIpc) is 3.44. The normalized spacial score (nSPS) is 27.7. The van der Waals surface area contributed by atoms with Gasteiger partial charge in [0.1, 0.15) is 0 Å². The van der Waals surface area contributed by atoms with Gasteiger partial charge < -0.3 is 4.74 Å². The van der Waals surface area contributed by atoms with Crippen LogP contribution in [0.2, 0.25) is 0 Å². The van der Waals surface area contributed by atoms with Gasteiger partial charge in [-0.25, -0.2) is 4.90 Å². The molecule has 0 radical (unpaired) electrons. The van der Waals surface area contributed by atoms with Gasteiger partial charge in [-0.05, 0) is 30.7 Å². The number of carbonyl (C=O) groups excluding carboxylic acids is 2. The highest BCUT2D eigenvalue weighted by Crippen LogP contribution is 2.54. The molecule has 2 unspecified atom stereocenters. The third-order valence-electron chi connectivity index (χ3n) is 7.47. The Bertz CT molecular complexity index is 1030. The molecule has 2 fully saturated rings. The fourth-order valence-corrected chi connectivity index (χ4v) is 6.18. The summed E-state index contributed by atoms with van der Waals surface area (Å²) in [6, 6.07) is 5.15. The van der Waals surface area contributed by atoms with Gasteiger partial charge in [-0.2, -0.15) is 8.42 Å². The maximum atomic E-state index is 13.4. The standard InChI is InChI=1S/C26H35NO6S/c1-2-3-4-5-6-7-8-9-10-11-17-26-18-16-21(33-26)22-23(26)25(29)27(24(22)28)19-12-14-20(15-13-19)34(30,31)32/h12-16,18,21-23H,2-11,17H2,1H3,(H,30,31,32)/t21-,22?,23?,26+/m0/s1. The molecule has 0 aliphatic carbocycles. The molecule has 0 aromatic heterocycles. The van der Waals surface area contributed by atoms with Crippen molar-refractivity contribution < 1.29 is 27.3 Å². The lowest BCUT2D eigenvalue weighted by Crippen LogP contribution is -2.40. The molecule has 3 aliphatic heterocycles. The first kappa shape index (κ1) is 25.1. The number of carbonyl (C=O) groups is 2. The summed E-state index contributed by atoms with van der Waals surface area (Å²) in [6.45, 7) is 2.23. The number of nitrogens with zero attached hydrogens (tertiary/aromatic N) is 1. The largest absolute Gasteiger partial charge is 0.362 e. The van der Waals surface area contributed by atoms with Crippen LogP contribution >= 0.6 is 0 Å². The van der Waals surface area contributed by atoms with Gasteiger partial charge in [0, 0.05) is 0 Å². The highest BCUT2D eigenvalue weighted by Gasteiger charge is 2.67. The Kier molecular flexibility index (Phi) is 7.60. The Morgan fingerprint density at radius 3 is 2.09 bits per heavy atom. The van der Waals surface area contributed by atoms with Crippen LogP contribution in [0.3, 0.4) is 0 Å². The van der Waals surface area contributed by atoms with Gasteiger partial charge in [0.15, 0.2) is 0 Å². The molecule has 2 bridgehead atoms. The molecule has 1 N–H and O–H groups in total. The molecule has 1 aromatic carbocycles. The molecule has 0 saturated carbocycles. The van der Waals surface area contributed by atoms with E-state index in [0.29, 0.717) is 12.1 Å². The minimum atomic E-state index is -4.35. The van der Waals surface area contributed by atoms with E-state index in [0.717, 1.165) is 17.7 Å². The molecular weight excluding hydrogens is 454 g/mol. The number of anilines is 1. The Morgan fingerprint density at radius 1 is 0.912 bits per heavy atom. The van der Waals surface area contributed by atoms with E-state index >= 15 is 0 Å². The first-order chi connectivity index (χ1) is 16.3. The molecule has 4 atom stereocenters. The zero-order chi connectivity index (χ0) is 24.3. The Balaban J connectivity index is 1.33. The zero-order valence-corrected chi connectivity index (χ0v) is 20.6. The number of unbranched alkanes of at least 4 members (excludes halogenated alkanes) is 9. The van der Waals surface area contributed by atoms with E-state index in [4.69, 9.17) is 4.74 Å². The Hall–Kier alpha value is -2.03. The van der Waals surface area contributed by atoms with Gasteiger partial charge >= 0.3 is 0 Å². The van der Waals surface area contributed by atoms with Crippen molar-refractivity contribution >= 4 is 27.6 Å². The summed E-state index contributed by atoms with van der Waals surface area (Å²) in [7, 11) is -4.35. The summed E-state index contributed by atoms with van der Waals surface area (Å²) in [5.41, 5.74) is -0.420. The van der Waals surface area contributed by atoms with E-state index in [1.807, 2.05) is 12.2 Å². The van der Waals surface area contributed by atoms with Crippen molar-refractivity contribution in [2.24, 2.45) is 11.8 Å². The molecular formula is C26H35NO6S. The number of amides is 2. The molecule has 186 valence electrons. The monoisotopic (exact) mass is 489 g/mol. The predicted molar refractivity (Wildman–Crippen MR) is 129 cm³/mol. The molecule has 34 heavy (non-hydrogen) atoms. The van der Waals surface area contributed by atoms with Crippen LogP contribution in [0.4, 0.5) is 5.69 Å². The molecule has 0 spiro atoms.